The molecule has 1 aliphatic heterocycles. The van der Waals surface area contributed by atoms with Crippen LogP contribution in [0.3, 0.4) is 0 Å². The van der Waals surface area contributed by atoms with E-state index in [0.29, 0.717) is 6.42 Å². The zero-order valence-electron chi connectivity index (χ0n) is 11.3. The standard InChI is InChI=1S/C15H22N2O/c1-12-3-4-14(11-13(12)2)5-6-15(18)17-9-7-16-8-10-17/h3-4,11,16H,5-10H2,1-2H3. The van der Waals surface area contributed by atoms with Crippen molar-refractivity contribution in [3.63, 3.8) is 0 Å². The molecular weight excluding hydrogens is 224 g/mol. The van der Waals surface area contributed by atoms with Gasteiger partial charge in [0.1, 0.15) is 0 Å². The fourth-order valence-corrected chi connectivity index (χ4v) is 2.28. The molecule has 1 fully saturated rings. The van der Waals surface area contributed by atoms with Crippen LogP contribution in [0.15, 0.2) is 18.2 Å². The summed E-state index contributed by atoms with van der Waals surface area (Å²) in [6.45, 7) is 7.80. The molecule has 0 spiro atoms. The summed E-state index contributed by atoms with van der Waals surface area (Å²) in [5.41, 5.74) is 3.89. The molecule has 1 amide bonds. The highest BCUT2D eigenvalue weighted by Gasteiger charge is 2.15. The summed E-state index contributed by atoms with van der Waals surface area (Å²) in [5, 5.41) is 3.26. The molecule has 1 aromatic carbocycles. The van der Waals surface area contributed by atoms with Gasteiger partial charge in [0.25, 0.3) is 0 Å². The summed E-state index contributed by atoms with van der Waals surface area (Å²) in [6, 6.07) is 6.47. The number of carbonyl (C=O) groups excluding carboxylic acids is 1. The fraction of sp³-hybridized carbons (Fsp3) is 0.533. The summed E-state index contributed by atoms with van der Waals surface area (Å²) >= 11 is 0. The summed E-state index contributed by atoms with van der Waals surface area (Å²) in [4.78, 5) is 14.0. The molecule has 1 saturated heterocycles. The largest absolute Gasteiger partial charge is 0.340 e. The van der Waals surface area contributed by atoms with Crippen LogP contribution in [0.25, 0.3) is 0 Å². The van der Waals surface area contributed by atoms with Crippen LogP contribution in [0.4, 0.5) is 0 Å². The lowest BCUT2D eigenvalue weighted by molar-refractivity contribution is -0.131. The first-order chi connectivity index (χ1) is 8.66. The zero-order chi connectivity index (χ0) is 13.0. The second-order valence-electron chi connectivity index (χ2n) is 5.05. The van der Waals surface area contributed by atoms with Gasteiger partial charge in [0, 0.05) is 32.6 Å². The van der Waals surface area contributed by atoms with Gasteiger partial charge in [0.15, 0.2) is 0 Å². The quantitative estimate of drug-likeness (QED) is 0.880. The molecule has 0 saturated carbocycles. The first-order valence-electron chi connectivity index (χ1n) is 6.71. The van der Waals surface area contributed by atoms with Gasteiger partial charge in [0.05, 0.1) is 0 Å². The Balaban J connectivity index is 1.86. The molecule has 1 aliphatic rings. The van der Waals surface area contributed by atoms with Crippen molar-refractivity contribution in [2.24, 2.45) is 0 Å². The molecule has 3 nitrogen and oxygen atoms in total. The Morgan fingerprint density at radius 2 is 1.94 bits per heavy atom. The Labute approximate surface area is 109 Å². The lowest BCUT2D eigenvalue weighted by atomic mass is 10.0. The minimum Gasteiger partial charge on any atom is -0.340 e. The maximum Gasteiger partial charge on any atom is 0.222 e. The smallest absolute Gasteiger partial charge is 0.222 e. The number of benzene rings is 1. The second-order valence-corrected chi connectivity index (χ2v) is 5.05. The average molecular weight is 246 g/mol. The van der Waals surface area contributed by atoms with Crippen molar-refractivity contribution in [3.05, 3.63) is 34.9 Å². The molecule has 0 aromatic heterocycles. The third-order valence-electron chi connectivity index (χ3n) is 3.67. The summed E-state index contributed by atoms with van der Waals surface area (Å²) in [6.07, 6.45) is 1.48. The number of piperazine rings is 1. The van der Waals surface area contributed by atoms with E-state index >= 15 is 0 Å². The van der Waals surface area contributed by atoms with Crippen molar-refractivity contribution in [1.29, 1.82) is 0 Å². The van der Waals surface area contributed by atoms with Crippen LogP contribution in [-0.4, -0.2) is 37.0 Å². The van der Waals surface area contributed by atoms with Crippen LogP contribution in [0.2, 0.25) is 0 Å². The molecule has 2 rings (SSSR count). The van der Waals surface area contributed by atoms with Crippen molar-refractivity contribution >= 4 is 5.91 Å². The van der Waals surface area contributed by atoms with Crippen molar-refractivity contribution in [2.75, 3.05) is 26.2 Å². The van der Waals surface area contributed by atoms with Gasteiger partial charge < -0.3 is 10.2 Å². The number of hydrogen-bond acceptors (Lipinski definition) is 2. The number of nitrogens with one attached hydrogen (secondary N) is 1. The molecule has 3 heteroatoms. The SMILES string of the molecule is Cc1ccc(CCC(=O)N2CCNCC2)cc1C. The van der Waals surface area contributed by atoms with E-state index in [0.717, 1.165) is 32.6 Å². The number of rotatable bonds is 3. The van der Waals surface area contributed by atoms with Gasteiger partial charge in [-0.05, 0) is 37.0 Å². The third-order valence-corrected chi connectivity index (χ3v) is 3.67. The van der Waals surface area contributed by atoms with Gasteiger partial charge in [-0.3, -0.25) is 4.79 Å². The molecule has 0 unspecified atom stereocenters. The Bertz CT molecular complexity index is 423. The number of carbonyl (C=O) groups is 1. The predicted molar refractivity (Wildman–Crippen MR) is 73.7 cm³/mol. The van der Waals surface area contributed by atoms with Crippen molar-refractivity contribution < 1.29 is 4.79 Å². The highest BCUT2D eigenvalue weighted by atomic mass is 16.2. The third kappa shape index (κ3) is 3.33. The van der Waals surface area contributed by atoms with E-state index in [4.69, 9.17) is 0 Å². The predicted octanol–water partition coefficient (Wildman–Crippen LogP) is 1.67. The molecule has 1 aromatic rings. The Hall–Kier alpha value is -1.35. The van der Waals surface area contributed by atoms with Crippen LogP contribution in [-0.2, 0) is 11.2 Å². The van der Waals surface area contributed by atoms with Crippen LogP contribution in [0, 0.1) is 13.8 Å². The molecule has 1 N–H and O–H groups in total. The molecule has 0 bridgehead atoms. The monoisotopic (exact) mass is 246 g/mol. The van der Waals surface area contributed by atoms with E-state index in [2.05, 4.69) is 37.4 Å². The van der Waals surface area contributed by atoms with E-state index in [1.165, 1.54) is 16.7 Å². The highest BCUT2D eigenvalue weighted by Crippen LogP contribution is 2.12. The first kappa shape index (κ1) is 13.1. The molecule has 1 heterocycles. The van der Waals surface area contributed by atoms with Crippen LogP contribution >= 0.6 is 0 Å². The molecular formula is C15H22N2O. The van der Waals surface area contributed by atoms with Gasteiger partial charge in [0.2, 0.25) is 5.91 Å². The Kier molecular flexibility index (Phi) is 4.37. The zero-order valence-corrected chi connectivity index (χ0v) is 11.3. The summed E-state index contributed by atoms with van der Waals surface area (Å²) < 4.78 is 0. The lowest BCUT2D eigenvalue weighted by Gasteiger charge is -2.27. The fourth-order valence-electron chi connectivity index (χ4n) is 2.28. The van der Waals surface area contributed by atoms with Gasteiger partial charge in [-0.1, -0.05) is 18.2 Å². The minimum absolute atomic E-state index is 0.287. The molecule has 18 heavy (non-hydrogen) atoms. The van der Waals surface area contributed by atoms with E-state index in [1.807, 2.05) is 4.90 Å². The van der Waals surface area contributed by atoms with Crippen LogP contribution in [0.1, 0.15) is 23.1 Å². The number of hydrogen-bond donors (Lipinski definition) is 1. The van der Waals surface area contributed by atoms with E-state index in [1.54, 1.807) is 0 Å². The number of nitrogens with zero attached hydrogens (tertiary/aromatic N) is 1. The highest BCUT2D eigenvalue weighted by molar-refractivity contribution is 5.76. The Morgan fingerprint density at radius 1 is 1.22 bits per heavy atom. The van der Waals surface area contributed by atoms with Gasteiger partial charge in [-0.15, -0.1) is 0 Å². The molecule has 0 radical (unpaired) electrons. The maximum atomic E-state index is 12.0. The number of aryl methyl sites for hydroxylation is 3. The second kappa shape index (κ2) is 6.01. The minimum atomic E-state index is 0.287. The molecule has 0 atom stereocenters. The topological polar surface area (TPSA) is 32.3 Å². The van der Waals surface area contributed by atoms with E-state index < -0.39 is 0 Å². The summed E-state index contributed by atoms with van der Waals surface area (Å²) in [7, 11) is 0. The molecule has 0 aliphatic carbocycles. The normalized spacial score (nSPS) is 15.8. The van der Waals surface area contributed by atoms with Gasteiger partial charge in [-0.2, -0.15) is 0 Å². The van der Waals surface area contributed by atoms with Crippen molar-refractivity contribution in [3.8, 4) is 0 Å². The van der Waals surface area contributed by atoms with E-state index in [9.17, 15) is 4.79 Å². The molecule has 98 valence electrons. The lowest BCUT2D eigenvalue weighted by Crippen LogP contribution is -2.46. The Morgan fingerprint density at radius 3 is 2.61 bits per heavy atom. The van der Waals surface area contributed by atoms with Crippen LogP contribution in [0.5, 0.6) is 0 Å². The summed E-state index contributed by atoms with van der Waals surface area (Å²) in [5.74, 6) is 0.287. The maximum absolute atomic E-state index is 12.0. The number of amides is 1. The van der Waals surface area contributed by atoms with Crippen LogP contribution < -0.4 is 5.32 Å². The first-order valence-corrected chi connectivity index (χ1v) is 6.71. The average Bonchev–Trinajstić information content (AvgIpc) is 2.41. The van der Waals surface area contributed by atoms with Gasteiger partial charge >= 0.3 is 0 Å². The van der Waals surface area contributed by atoms with Crippen molar-refractivity contribution in [2.45, 2.75) is 26.7 Å². The van der Waals surface area contributed by atoms with E-state index in [-0.39, 0.29) is 5.91 Å². The van der Waals surface area contributed by atoms with Gasteiger partial charge in [-0.25, -0.2) is 0 Å². The van der Waals surface area contributed by atoms with Crippen molar-refractivity contribution in [1.82, 2.24) is 10.2 Å².